The number of aliphatic hydroxyl groups is 2. The zero-order valence-corrected chi connectivity index (χ0v) is 16.0. The van der Waals surface area contributed by atoms with E-state index in [0.717, 1.165) is 18.2 Å². The van der Waals surface area contributed by atoms with Crippen molar-refractivity contribution in [2.24, 2.45) is 16.7 Å². The molecule has 0 heterocycles. The van der Waals surface area contributed by atoms with E-state index in [1.807, 2.05) is 6.07 Å². The van der Waals surface area contributed by atoms with Crippen LogP contribution >= 0.6 is 0 Å². The number of hydrogen-bond acceptors (Lipinski definition) is 4. The summed E-state index contributed by atoms with van der Waals surface area (Å²) in [5.74, 6) is 0.320. The third kappa shape index (κ3) is 3.07. The van der Waals surface area contributed by atoms with Crippen LogP contribution < -0.4 is 0 Å². The molecular formula is C20H28O4S. The second-order valence-corrected chi connectivity index (χ2v) is 10.4. The second-order valence-electron chi connectivity index (χ2n) is 8.49. The molecule has 2 N–H and O–H groups in total. The Kier molecular flexibility index (Phi) is 4.42. The van der Waals surface area contributed by atoms with Gasteiger partial charge in [0.25, 0.3) is 0 Å². The summed E-state index contributed by atoms with van der Waals surface area (Å²) < 4.78 is 25.5. The lowest BCUT2D eigenvalue weighted by Gasteiger charge is -2.40. The van der Waals surface area contributed by atoms with Crippen LogP contribution in [0.4, 0.5) is 0 Å². The average Bonchev–Trinajstić information content (AvgIpc) is 2.88. The van der Waals surface area contributed by atoms with Gasteiger partial charge in [0.1, 0.15) is 5.60 Å². The second kappa shape index (κ2) is 5.93. The molecule has 2 fully saturated rings. The third-order valence-electron chi connectivity index (χ3n) is 6.81. The molecule has 0 aromatic heterocycles. The van der Waals surface area contributed by atoms with Gasteiger partial charge in [0, 0.05) is 10.8 Å². The zero-order valence-electron chi connectivity index (χ0n) is 15.1. The summed E-state index contributed by atoms with van der Waals surface area (Å²) >= 11 is 0. The minimum Gasteiger partial charge on any atom is -0.392 e. The van der Waals surface area contributed by atoms with Crippen LogP contribution in [-0.4, -0.2) is 30.5 Å². The maximum absolute atomic E-state index is 12.8. The Morgan fingerprint density at radius 2 is 1.92 bits per heavy atom. The normalized spacial score (nSPS) is 33.6. The molecule has 2 aliphatic carbocycles. The van der Waals surface area contributed by atoms with Crippen molar-refractivity contribution in [2.75, 3.05) is 5.75 Å². The molecule has 4 nitrogen and oxygen atoms in total. The molecule has 1 aromatic carbocycles. The number of aliphatic hydroxyl groups excluding tert-OH is 1. The zero-order chi connectivity index (χ0) is 18.5. The van der Waals surface area contributed by atoms with Gasteiger partial charge in [-0.3, -0.25) is 0 Å². The predicted octanol–water partition coefficient (Wildman–Crippen LogP) is 3.01. The first-order valence-corrected chi connectivity index (χ1v) is 10.6. The molecule has 2 bridgehead atoms. The fourth-order valence-electron chi connectivity index (χ4n) is 4.89. The van der Waals surface area contributed by atoms with Gasteiger partial charge in [0.15, 0.2) is 9.84 Å². The molecule has 2 aliphatic rings. The Labute approximate surface area is 150 Å². The highest BCUT2D eigenvalue weighted by atomic mass is 32.2. The molecule has 4 atom stereocenters. The molecule has 0 aliphatic heterocycles. The predicted molar refractivity (Wildman–Crippen MR) is 98.5 cm³/mol. The highest BCUT2D eigenvalue weighted by Gasteiger charge is 2.64. The van der Waals surface area contributed by atoms with E-state index >= 15 is 0 Å². The van der Waals surface area contributed by atoms with Gasteiger partial charge in [-0.2, -0.15) is 0 Å². The Bertz CT molecular complexity index is 764. The van der Waals surface area contributed by atoms with Crippen molar-refractivity contribution in [1.82, 2.24) is 0 Å². The maximum Gasteiger partial charge on any atom is 0.172 e. The van der Waals surface area contributed by atoms with Crippen LogP contribution in [0.5, 0.6) is 0 Å². The van der Waals surface area contributed by atoms with E-state index in [1.165, 1.54) is 6.08 Å². The molecular weight excluding hydrogens is 336 g/mol. The summed E-state index contributed by atoms with van der Waals surface area (Å²) in [6, 6.07) is 8.99. The van der Waals surface area contributed by atoms with Crippen molar-refractivity contribution < 1.29 is 18.6 Å². The number of hydrogen-bond donors (Lipinski definition) is 2. The molecule has 138 valence electrons. The highest BCUT2D eigenvalue weighted by Crippen LogP contribution is 2.66. The SMILES string of the molecule is CC1(C)[C@@H]2CC[C@@]1(CS(=O)(=O)/C=C/[C@](C)(O)c1ccccc1)[C@H](O)C2. The van der Waals surface area contributed by atoms with Crippen LogP contribution in [0.1, 0.15) is 45.6 Å². The van der Waals surface area contributed by atoms with Gasteiger partial charge >= 0.3 is 0 Å². The lowest BCUT2D eigenvalue weighted by atomic mass is 9.70. The summed E-state index contributed by atoms with van der Waals surface area (Å²) in [6.07, 6.45) is 3.18. The third-order valence-corrected chi connectivity index (χ3v) is 8.27. The molecule has 0 radical (unpaired) electrons. The minimum atomic E-state index is -3.55. The summed E-state index contributed by atoms with van der Waals surface area (Å²) in [5.41, 5.74) is -1.48. The summed E-state index contributed by atoms with van der Waals surface area (Å²) in [5, 5.41) is 22.3. The molecule has 2 saturated carbocycles. The lowest BCUT2D eigenvalue weighted by molar-refractivity contribution is 0.0155. The van der Waals surface area contributed by atoms with E-state index in [1.54, 1.807) is 31.2 Å². The fraction of sp³-hybridized carbons (Fsp3) is 0.600. The quantitative estimate of drug-likeness (QED) is 0.842. The van der Waals surface area contributed by atoms with E-state index < -0.39 is 27.0 Å². The molecule has 0 spiro atoms. The summed E-state index contributed by atoms with van der Waals surface area (Å²) in [6.45, 7) is 5.74. The van der Waals surface area contributed by atoms with Crippen molar-refractivity contribution >= 4 is 9.84 Å². The van der Waals surface area contributed by atoms with Crippen LogP contribution in [0.2, 0.25) is 0 Å². The monoisotopic (exact) mass is 364 g/mol. The van der Waals surface area contributed by atoms with Crippen molar-refractivity contribution in [3.05, 3.63) is 47.4 Å². The van der Waals surface area contributed by atoms with Crippen LogP contribution in [0, 0.1) is 16.7 Å². The van der Waals surface area contributed by atoms with Gasteiger partial charge in [-0.1, -0.05) is 44.2 Å². The van der Waals surface area contributed by atoms with E-state index in [9.17, 15) is 18.6 Å². The summed E-state index contributed by atoms with van der Waals surface area (Å²) in [4.78, 5) is 0. The van der Waals surface area contributed by atoms with Crippen molar-refractivity contribution in [1.29, 1.82) is 0 Å². The van der Waals surface area contributed by atoms with E-state index in [2.05, 4.69) is 13.8 Å². The van der Waals surface area contributed by atoms with Gasteiger partial charge in [-0.15, -0.1) is 0 Å². The van der Waals surface area contributed by atoms with Gasteiger partial charge in [-0.05, 0) is 49.2 Å². The molecule has 0 unspecified atom stereocenters. The molecule has 0 amide bonds. The van der Waals surface area contributed by atoms with Crippen LogP contribution in [-0.2, 0) is 15.4 Å². The molecule has 1 aromatic rings. The Morgan fingerprint density at radius 1 is 1.28 bits per heavy atom. The van der Waals surface area contributed by atoms with Crippen molar-refractivity contribution in [3.8, 4) is 0 Å². The molecule has 25 heavy (non-hydrogen) atoms. The van der Waals surface area contributed by atoms with E-state index in [4.69, 9.17) is 0 Å². The topological polar surface area (TPSA) is 74.6 Å². The van der Waals surface area contributed by atoms with E-state index in [-0.39, 0.29) is 11.2 Å². The van der Waals surface area contributed by atoms with Crippen LogP contribution in [0.3, 0.4) is 0 Å². The first-order chi connectivity index (χ1) is 11.5. The van der Waals surface area contributed by atoms with Crippen LogP contribution in [0.15, 0.2) is 41.8 Å². The Morgan fingerprint density at radius 3 is 2.44 bits per heavy atom. The lowest BCUT2D eigenvalue weighted by Crippen LogP contribution is -2.44. The summed E-state index contributed by atoms with van der Waals surface area (Å²) in [7, 11) is -3.55. The standard InChI is InChI=1S/C20H28O4S/c1-18(2)16-9-10-20(18,17(21)13-16)14-25(23,24)12-11-19(3,22)15-7-5-4-6-8-15/h4-8,11-12,16-17,21-22H,9-10,13-14H2,1-3H3/b12-11+/t16-,17-,19+,20-/m1/s1. The number of rotatable bonds is 5. The smallest absolute Gasteiger partial charge is 0.172 e. The van der Waals surface area contributed by atoms with E-state index in [0.29, 0.717) is 17.9 Å². The first kappa shape index (κ1) is 18.6. The van der Waals surface area contributed by atoms with Crippen molar-refractivity contribution in [2.45, 2.75) is 51.7 Å². The van der Waals surface area contributed by atoms with Gasteiger partial charge in [0.2, 0.25) is 0 Å². The first-order valence-electron chi connectivity index (χ1n) is 8.88. The number of benzene rings is 1. The maximum atomic E-state index is 12.8. The largest absolute Gasteiger partial charge is 0.392 e. The number of sulfone groups is 1. The molecule has 0 saturated heterocycles. The van der Waals surface area contributed by atoms with Gasteiger partial charge in [-0.25, -0.2) is 8.42 Å². The molecule has 3 rings (SSSR count). The number of fused-ring (bicyclic) bond motifs is 2. The average molecular weight is 365 g/mol. The van der Waals surface area contributed by atoms with Gasteiger partial charge in [0.05, 0.1) is 11.9 Å². The highest BCUT2D eigenvalue weighted by molar-refractivity contribution is 7.94. The Balaban J connectivity index is 1.83. The van der Waals surface area contributed by atoms with Crippen LogP contribution in [0.25, 0.3) is 0 Å². The minimum absolute atomic E-state index is 0.0635. The van der Waals surface area contributed by atoms with Gasteiger partial charge < -0.3 is 10.2 Å². The fourth-order valence-corrected chi connectivity index (χ4v) is 6.89. The molecule has 5 heteroatoms. The van der Waals surface area contributed by atoms with Crippen molar-refractivity contribution in [3.63, 3.8) is 0 Å². The Hall–Kier alpha value is -1.17.